The molecule has 58 valence electrons. The van der Waals surface area contributed by atoms with Crippen LogP contribution in [0.1, 0.15) is 0 Å². The summed E-state index contributed by atoms with van der Waals surface area (Å²) in [5.74, 6) is 0. The number of rotatable bonds is 0. The molecule has 0 aromatic heterocycles. The first-order chi connectivity index (χ1) is 2.00. The quantitative estimate of drug-likeness (QED) is 0.438. The second kappa shape index (κ2) is 7.13. The Balaban J connectivity index is -0.0000000267. The van der Waals surface area contributed by atoms with Gasteiger partial charge in [-0.05, 0) is 0 Å². The van der Waals surface area contributed by atoms with E-state index >= 15 is 0 Å². The van der Waals surface area contributed by atoms with Crippen LogP contribution < -0.4 is 0 Å². The van der Waals surface area contributed by atoms with Crippen LogP contribution in [0.3, 0.4) is 0 Å². The molecule has 0 atom stereocenters. The van der Waals surface area contributed by atoms with Crippen molar-refractivity contribution in [2.24, 2.45) is 0 Å². The monoisotopic (exact) mass is 182 g/mol. The number of hydrogen-bond donors (Lipinski definition) is 0. The van der Waals surface area contributed by atoms with Crippen LogP contribution in [-0.4, -0.2) is 16.4 Å². The van der Waals surface area contributed by atoms with Gasteiger partial charge in [-0.1, -0.05) is 0 Å². The molecule has 0 saturated heterocycles. The first kappa shape index (κ1) is 24.2. The SMILES string of the molecule is O.O.O.[F][Cr]([F])([F])[F]. The molecular weight excluding hydrogens is 176 g/mol. The summed E-state index contributed by atoms with van der Waals surface area (Å²) in [6.07, 6.45) is 0. The summed E-state index contributed by atoms with van der Waals surface area (Å²) in [6.45, 7) is 0. The van der Waals surface area contributed by atoms with Crippen molar-refractivity contribution in [2.75, 3.05) is 0 Å². The fourth-order valence-corrected chi connectivity index (χ4v) is 0. The Morgan fingerprint density at radius 3 is 0.625 bits per heavy atom. The van der Waals surface area contributed by atoms with Crippen LogP contribution in [0.25, 0.3) is 0 Å². The summed E-state index contributed by atoms with van der Waals surface area (Å²) < 4.78 is 39.4. The first-order valence-electron chi connectivity index (χ1n) is 0.617. The van der Waals surface area contributed by atoms with Gasteiger partial charge in [0.2, 0.25) is 0 Å². The Kier molecular flexibility index (Phi) is 21.6. The molecule has 8 heavy (non-hydrogen) atoms. The molecule has 0 unspecified atom stereocenters. The van der Waals surface area contributed by atoms with Gasteiger partial charge in [-0.3, -0.25) is 0 Å². The molecule has 0 fully saturated rings. The molecule has 0 aromatic rings. The Morgan fingerprint density at radius 1 is 0.625 bits per heavy atom. The van der Waals surface area contributed by atoms with E-state index in [9.17, 15) is 14.1 Å². The van der Waals surface area contributed by atoms with E-state index in [1.165, 1.54) is 0 Å². The summed E-state index contributed by atoms with van der Waals surface area (Å²) in [4.78, 5) is 0. The van der Waals surface area contributed by atoms with Crippen molar-refractivity contribution < 1.29 is 45.4 Å². The van der Waals surface area contributed by atoms with Crippen molar-refractivity contribution in [3.05, 3.63) is 0 Å². The molecular formula is H6CrF4O3. The van der Waals surface area contributed by atoms with E-state index < -0.39 is 14.9 Å². The van der Waals surface area contributed by atoms with Crippen LogP contribution in [0, 0.1) is 0 Å². The Hall–Kier alpha value is 0.132. The van der Waals surface area contributed by atoms with Crippen LogP contribution in [0.2, 0.25) is 0 Å². The maximum atomic E-state index is 9.84. The van der Waals surface area contributed by atoms with Gasteiger partial charge in [0.05, 0.1) is 0 Å². The van der Waals surface area contributed by atoms with Crippen molar-refractivity contribution in [1.29, 1.82) is 0 Å². The Bertz CT molecular complexity index is 26.8. The minimum absolute atomic E-state index is 0. The molecule has 0 amide bonds. The predicted molar refractivity (Wildman–Crippen MR) is 15.3 cm³/mol. The van der Waals surface area contributed by atoms with E-state index in [0.717, 1.165) is 0 Å². The summed E-state index contributed by atoms with van der Waals surface area (Å²) >= 11 is -6.75. The molecule has 0 bridgehead atoms. The number of hydrogen-bond acceptors (Lipinski definition) is 0. The molecule has 0 radical (unpaired) electrons. The molecule has 0 rings (SSSR count). The van der Waals surface area contributed by atoms with Crippen LogP contribution in [0.4, 0.5) is 14.1 Å². The molecule has 6 N–H and O–H groups in total. The number of halogens is 4. The zero-order valence-electron chi connectivity index (χ0n) is 3.42. The maximum absolute atomic E-state index is 9.84. The van der Waals surface area contributed by atoms with Crippen LogP contribution in [0.15, 0.2) is 0 Å². The minimum atomic E-state index is -6.75. The Labute approximate surface area is 46.4 Å². The molecule has 0 aromatic carbocycles. The topological polar surface area (TPSA) is 94.5 Å². The van der Waals surface area contributed by atoms with Crippen molar-refractivity contribution in [3.8, 4) is 0 Å². The van der Waals surface area contributed by atoms with Crippen molar-refractivity contribution in [1.82, 2.24) is 0 Å². The third-order valence-corrected chi connectivity index (χ3v) is 0. The molecule has 0 aliphatic carbocycles. The van der Waals surface area contributed by atoms with Gasteiger partial charge in [0.1, 0.15) is 0 Å². The van der Waals surface area contributed by atoms with Crippen LogP contribution in [-0.2, 0) is 14.9 Å². The first-order valence-corrected chi connectivity index (χ1v) is 2.54. The van der Waals surface area contributed by atoms with Crippen molar-refractivity contribution >= 4 is 0 Å². The van der Waals surface area contributed by atoms with E-state index in [1.807, 2.05) is 0 Å². The average Bonchev–Trinajstić information content (AvgIpc) is 0.722. The molecule has 3 nitrogen and oxygen atoms in total. The van der Waals surface area contributed by atoms with Gasteiger partial charge in [-0.25, -0.2) is 0 Å². The van der Waals surface area contributed by atoms with E-state index in [-0.39, 0.29) is 16.4 Å². The van der Waals surface area contributed by atoms with Gasteiger partial charge in [0.25, 0.3) is 0 Å². The van der Waals surface area contributed by atoms with Gasteiger partial charge in [-0.2, -0.15) is 0 Å². The van der Waals surface area contributed by atoms with Gasteiger partial charge in [0.15, 0.2) is 0 Å². The zero-order valence-corrected chi connectivity index (χ0v) is 4.70. The second-order valence-corrected chi connectivity index (χ2v) is 1.44. The van der Waals surface area contributed by atoms with Crippen molar-refractivity contribution in [3.63, 3.8) is 0 Å². The summed E-state index contributed by atoms with van der Waals surface area (Å²) in [5, 5.41) is 0. The Morgan fingerprint density at radius 2 is 0.625 bits per heavy atom. The molecule has 0 heterocycles. The van der Waals surface area contributed by atoms with E-state index in [4.69, 9.17) is 0 Å². The summed E-state index contributed by atoms with van der Waals surface area (Å²) in [7, 11) is 0. The fourth-order valence-electron chi connectivity index (χ4n) is 0. The molecule has 0 aliphatic rings. The summed E-state index contributed by atoms with van der Waals surface area (Å²) in [6, 6.07) is 0. The van der Waals surface area contributed by atoms with Gasteiger partial charge < -0.3 is 16.4 Å². The van der Waals surface area contributed by atoms with E-state index in [0.29, 0.717) is 0 Å². The van der Waals surface area contributed by atoms with Crippen molar-refractivity contribution in [2.45, 2.75) is 0 Å². The molecule has 0 saturated carbocycles. The molecule has 0 spiro atoms. The van der Waals surface area contributed by atoms with Gasteiger partial charge in [0, 0.05) is 0 Å². The zero-order chi connectivity index (χ0) is 4.50. The summed E-state index contributed by atoms with van der Waals surface area (Å²) in [5.41, 5.74) is 0. The third-order valence-electron chi connectivity index (χ3n) is 0. The standard InChI is InChI=1S/Cr.4FH.3H2O/h;4*1H;3*1H2/q+4;;;;;;;/p-4. The average molecular weight is 182 g/mol. The normalized spacial score (nSPS) is 9.50. The predicted octanol–water partition coefficient (Wildman–Crippen LogP) is -0.796. The van der Waals surface area contributed by atoms with Gasteiger partial charge >= 0.3 is 29.0 Å². The van der Waals surface area contributed by atoms with E-state index in [1.54, 1.807) is 0 Å². The van der Waals surface area contributed by atoms with Crippen LogP contribution in [0.5, 0.6) is 0 Å². The van der Waals surface area contributed by atoms with Crippen LogP contribution >= 0.6 is 0 Å². The third kappa shape index (κ3) is 9210. The molecule has 0 aliphatic heterocycles. The van der Waals surface area contributed by atoms with E-state index in [2.05, 4.69) is 0 Å². The van der Waals surface area contributed by atoms with Gasteiger partial charge in [-0.15, -0.1) is 0 Å². The fraction of sp³-hybridized carbons (Fsp3) is 0. The molecule has 8 heteroatoms. The second-order valence-electron chi connectivity index (χ2n) is 0.350.